The van der Waals surface area contributed by atoms with E-state index < -0.39 is 0 Å². The van der Waals surface area contributed by atoms with E-state index >= 15 is 0 Å². The Balaban J connectivity index is 1.93. The average molecular weight is 224 g/mol. The number of nitrogen functional groups attached to an aromatic ring is 1. The molecule has 1 aliphatic rings. The molecule has 1 fully saturated rings. The maximum absolute atomic E-state index is 11.4. The lowest BCUT2D eigenvalue weighted by Crippen LogP contribution is -2.47. The number of anilines is 1. The normalized spacial score (nSPS) is 16.9. The first-order chi connectivity index (χ1) is 7.66. The van der Waals surface area contributed by atoms with Crippen molar-refractivity contribution in [3.8, 4) is 0 Å². The number of aromatic nitrogens is 2. The molecule has 0 aromatic carbocycles. The number of morpholine rings is 1. The van der Waals surface area contributed by atoms with E-state index in [2.05, 4.69) is 5.10 Å². The van der Waals surface area contributed by atoms with Crippen LogP contribution >= 0.6 is 0 Å². The summed E-state index contributed by atoms with van der Waals surface area (Å²) in [5.74, 6) is -0.618. The van der Waals surface area contributed by atoms with Crippen molar-refractivity contribution in [2.75, 3.05) is 25.5 Å². The van der Waals surface area contributed by atoms with Crippen molar-refractivity contribution < 1.29 is 14.3 Å². The van der Waals surface area contributed by atoms with Gasteiger partial charge in [-0.1, -0.05) is 0 Å². The summed E-state index contributed by atoms with van der Waals surface area (Å²) in [6.45, 7) is 0.663. The van der Waals surface area contributed by atoms with Gasteiger partial charge in [0.15, 0.2) is 0 Å². The van der Waals surface area contributed by atoms with Crippen LogP contribution in [-0.2, 0) is 20.9 Å². The van der Waals surface area contributed by atoms with Gasteiger partial charge in [0.25, 0.3) is 11.8 Å². The Labute approximate surface area is 91.8 Å². The van der Waals surface area contributed by atoms with Crippen molar-refractivity contribution in [2.24, 2.45) is 0 Å². The van der Waals surface area contributed by atoms with Gasteiger partial charge in [-0.2, -0.15) is 5.10 Å². The smallest absolute Gasteiger partial charge is 0.255 e. The van der Waals surface area contributed by atoms with Crippen molar-refractivity contribution in [3.05, 3.63) is 12.4 Å². The number of hydrogen-bond acceptors (Lipinski definition) is 5. The average Bonchev–Trinajstić information content (AvgIpc) is 2.63. The Hall–Kier alpha value is -1.89. The molecule has 2 N–H and O–H groups in total. The number of imide groups is 1. The zero-order chi connectivity index (χ0) is 11.5. The Bertz CT molecular complexity index is 399. The number of rotatable bonds is 3. The molecule has 7 heteroatoms. The summed E-state index contributed by atoms with van der Waals surface area (Å²) < 4.78 is 6.39. The Morgan fingerprint density at radius 3 is 2.56 bits per heavy atom. The third-order valence-electron chi connectivity index (χ3n) is 2.26. The number of ether oxygens (including phenoxy) is 1. The molecule has 0 bridgehead atoms. The summed E-state index contributed by atoms with van der Waals surface area (Å²) in [6.07, 6.45) is 3.17. The van der Waals surface area contributed by atoms with Crippen molar-refractivity contribution in [1.29, 1.82) is 0 Å². The molecule has 1 aromatic heterocycles. The predicted molar refractivity (Wildman–Crippen MR) is 54.2 cm³/mol. The van der Waals surface area contributed by atoms with Gasteiger partial charge in [0.1, 0.15) is 13.2 Å². The van der Waals surface area contributed by atoms with Gasteiger partial charge >= 0.3 is 0 Å². The van der Waals surface area contributed by atoms with Gasteiger partial charge in [0, 0.05) is 12.7 Å². The highest BCUT2D eigenvalue weighted by Gasteiger charge is 2.26. The molecule has 2 amide bonds. The topological polar surface area (TPSA) is 90.5 Å². The van der Waals surface area contributed by atoms with Crippen LogP contribution in [0.25, 0.3) is 0 Å². The minimum atomic E-state index is -0.309. The van der Waals surface area contributed by atoms with E-state index in [0.29, 0.717) is 18.8 Å². The Morgan fingerprint density at radius 2 is 2.00 bits per heavy atom. The quantitative estimate of drug-likeness (QED) is 0.655. The lowest BCUT2D eigenvalue weighted by Gasteiger charge is -2.24. The van der Waals surface area contributed by atoms with Gasteiger partial charge < -0.3 is 10.5 Å². The van der Waals surface area contributed by atoms with Crippen LogP contribution in [0.5, 0.6) is 0 Å². The van der Waals surface area contributed by atoms with E-state index in [9.17, 15) is 9.59 Å². The fourth-order valence-corrected chi connectivity index (χ4v) is 1.47. The Morgan fingerprint density at radius 1 is 1.31 bits per heavy atom. The number of nitrogens with zero attached hydrogens (tertiary/aromatic N) is 3. The summed E-state index contributed by atoms with van der Waals surface area (Å²) in [7, 11) is 0. The van der Waals surface area contributed by atoms with Gasteiger partial charge in [-0.05, 0) is 0 Å². The summed E-state index contributed by atoms with van der Waals surface area (Å²) in [5.41, 5.74) is 6.05. The molecule has 0 aliphatic carbocycles. The predicted octanol–water partition coefficient (Wildman–Crippen LogP) is -1.15. The number of hydrogen-bond donors (Lipinski definition) is 1. The third-order valence-corrected chi connectivity index (χ3v) is 2.26. The first-order valence-corrected chi connectivity index (χ1v) is 4.85. The highest BCUT2D eigenvalue weighted by molar-refractivity contribution is 5.98. The van der Waals surface area contributed by atoms with Crippen molar-refractivity contribution in [1.82, 2.24) is 14.7 Å². The molecule has 0 atom stereocenters. The maximum Gasteiger partial charge on any atom is 0.255 e. The van der Waals surface area contributed by atoms with E-state index in [1.165, 1.54) is 11.1 Å². The lowest BCUT2D eigenvalue weighted by atomic mass is 10.4. The molecule has 0 saturated carbocycles. The highest BCUT2D eigenvalue weighted by Crippen LogP contribution is 2.03. The fraction of sp³-hybridized carbons (Fsp3) is 0.444. The molecule has 1 saturated heterocycles. The molecule has 0 unspecified atom stereocenters. The van der Waals surface area contributed by atoms with Gasteiger partial charge in [-0.15, -0.1) is 0 Å². The minimum Gasteiger partial charge on any atom is -0.396 e. The molecule has 1 aromatic rings. The second-order valence-electron chi connectivity index (χ2n) is 3.47. The van der Waals surface area contributed by atoms with Crippen LogP contribution in [0, 0.1) is 0 Å². The minimum absolute atomic E-state index is 0.0347. The fourth-order valence-electron chi connectivity index (χ4n) is 1.47. The number of carbonyl (C=O) groups excluding carboxylic acids is 2. The number of nitrogens with two attached hydrogens (primary N) is 1. The molecule has 1 aliphatic heterocycles. The van der Waals surface area contributed by atoms with Crippen LogP contribution in [0.4, 0.5) is 5.69 Å². The molecule has 7 nitrogen and oxygen atoms in total. The van der Waals surface area contributed by atoms with Crippen molar-refractivity contribution in [2.45, 2.75) is 6.54 Å². The molecule has 0 radical (unpaired) electrons. The largest absolute Gasteiger partial charge is 0.396 e. The summed E-state index contributed by atoms with van der Waals surface area (Å²) in [4.78, 5) is 23.9. The molecule has 86 valence electrons. The van der Waals surface area contributed by atoms with Crippen LogP contribution in [0.2, 0.25) is 0 Å². The standard InChI is InChI=1S/C9H12N4O3/c10-7-3-11-12(4-7)1-2-13-8(14)5-16-6-9(13)15/h3-4H,1-2,5-6,10H2. The summed E-state index contributed by atoms with van der Waals surface area (Å²) >= 11 is 0. The van der Waals surface area contributed by atoms with E-state index in [0.717, 1.165) is 0 Å². The Kier molecular flexibility index (Phi) is 2.86. The van der Waals surface area contributed by atoms with Crippen LogP contribution in [0.1, 0.15) is 0 Å². The van der Waals surface area contributed by atoms with E-state index in [4.69, 9.17) is 10.5 Å². The van der Waals surface area contributed by atoms with Crippen LogP contribution in [0.3, 0.4) is 0 Å². The first kappa shape index (κ1) is 10.6. The SMILES string of the molecule is Nc1cnn(CCN2C(=O)COCC2=O)c1. The zero-order valence-corrected chi connectivity index (χ0v) is 8.63. The van der Waals surface area contributed by atoms with Crippen LogP contribution in [-0.4, -0.2) is 46.3 Å². The molecule has 0 spiro atoms. The molecular formula is C9H12N4O3. The lowest BCUT2D eigenvalue weighted by molar-refractivity contribution is -0.158. The first-order valence-electron chi connectivity index (χ1n) is 4.85. The number of carbonyl (C=O) groups is 2. The molecule has 2 rings (SSSR count). The number of amides is 2. The van der Waals surface area contributed by atoms with E-state index in [1.54, 1.807) is 10.9 Å². The summed E-state index contributed by atoms with van der Waals surface area (Å²) in [6, 6.07) is 0. The van der Waals surface area contributed by atoms with Gasteiger partial charge in [-0.25, -0.2) is 0 Å². The van der Waals surface area contributed by atoms with Gasteiger partial charge in [-0.3, -0.25) is 19.2 Å². The van der Waals surface area contributed by atoms with Crippen LogP contribution in [0.15, 0.2) is 12.4 Å². The molecular weight excluding hydrogens is 212 g/mol. The third kappa shape index (κ3) is 2.19. The molecule has 16 heavy (non-hydrogen) atoms. The maximum atomic E-state index is 11.4. The zero-order valence-electron chi connectivity index (χ0n) is 8.63. The van der Waals surface area contributed by atoms with E-state index in [-0.39, 0.29) is 25.0 Å². The van der Waals surface area contributed by atoms with Gasteiger partial charge in [0.05, 0.1) is 18.4 Å². The van der Waals surface area contributed by atoms with Gasteiger partial charge in [0.2, 0.25) is 0 Å². The molecule has 2 heterocycles. The highest BCUT2D eigenvalue weighted by atomic mass is 16.5. The van der Waals surface area contributed by atoms with E-state index in [1.807, 2.05) is 0 Å². The van der Waals surface area contributed by atoms with Crippen molar-refractivity contribution >= 4 is 17.5 Å². The second-order valence-corrected chi connectivity index (χ2v) is 3.47. The van der Waals surface area contributed by atoms with Crippen LogP contribution < -0.4 is 5.73 Å². The van der Waals surface area contributed by atoms with Crippen molar-refractivity contribution in [3.63, 3.8) is 0 Å². The monoisotopic (exact) mass is 224 g/mol. The second kappa shape index (κ2) is 4.31. The summed E-state index contributed by atoms with van der Waals surface area (Å²) in [5, 5.41) is 3.96.